The molecule has 1 N–H and O–H groups in total. The highest BCUT2D eigenvalue weighted by molar-refractivity contribution is 5.53. The number of piperidine rings is 1. The summed E-state index contributed by atoms with van der Waals surface area (Å²) in [6.45, 7) is 2.11. The lowest BCUT2D eigenvalue weighted by Gasteiger charge is -2.30. The molecule has 0 atom stereocenters. The number of aliphatic hydroxyl groups excluding tert-OH is 1. The predicted molar refractivity (Wildman–Crippen MR) is 101 cm³/mol. The van der Waals surface area contributed by atoms with E-state index >= 15 is 0 Å². The maximum absolute atomic E-state index is 9.68. The second-order valence-electron chi connectivity index (χ2n) is 6.68. The molecule has 0 radical (unpaired) electrons. The fourth-order valence-corrected chi connectivity index (χ4v) is 3.12. The van der Waals surface area contributed by atoms with E-state index in [0.717, 1.165) is 37.4 Å². The maximum Gasteiger partial charge on any atom is 0.227 e. The SMILES string of the molecule is CN(Cc1cc(-c2ccccn2)no1)c1nccc(N2CCC(O)CC2)n1. The van der Waals surface area contributed by atoms with Gasteiger partial charge in [-0.15, -0.1) is 0 Å². The molecule has 0 unspecified atom stereocenters. The number of anilines is 2. The molecule has 1 fully saturated rings. The molecule has 0 amide bonds. The molecule has 1 aliphatic heterocycles. The average Bonchev–Trinajstić information content (AvgIpc) is 3.18. The van der Waals surface area contributed by atoms with Crippen LogP contribution in [0, 0.1) is 0 Å². The lowest BCUT2D eigenvalue weighted by molar-refractivity contribution is 0.145. The Hall–Kier alpha value is -3.00. The third-order valence-corrected chi connectivity index (χ3v) is 4.64. The second-order valence-corrected chi connectivity index (χ2v) is 6.68. The Kier molecular flexibility index (Phi) is 4.97. The van der Waals surface area contributed by atoms with E-state index in [1.165, 1.54) is 0 Å². The van der Waals surface area contributed by atoms with Crippen molar-refractivity contribution >= 4 is 11.8 Å². The van der Waals surface area contributed by atoms with Gasteiger partial charge in [0.05, 0.1) is 18.3 Å². The molecule has 0 bridgehead atoms. The van der Waals surface area contributed by atoms with Crippen molar-refractivity contribution in [3.05, 3.63) is 48.5 Å². The molecule has 3 aromatic rings. The minimum Gasteiger partial charge on any atom is -0.393 e. The van der Waals surface area contributed by atoms with Crippen molar-refractivity contribution in [1.29, 1.82) is 0 Å². The van der Waals surface area contributed by atoms with E-state index in [9.17, 15) is 5.11 Å². The molecule has 140 valence electrons. The van der Waals surface area contributed by atoms with Gasteiger partial charge >= 0.3 is 0 Å². The molecular formula is C19H22N6O2. The number of aliphatic hydroxyl groups is 1. The van der Waals surface area contributed by atoms with Gasteiger partial charge < -0.3 is 19.4 Å². The standard InChI is InChI=1S/C19H22N6O2/c1-24(13-15-12-17(23-27-15)16-4-2-3-8-20-16)19-21-9-5-18(22-19)25-10-6-14(26)7-11-25/h2-5,8-9,12,14,26H,6-7,10-11,13H2,1H3. The molecule has 1 saturated heterocycles. The molecule has 8 heteroatoms. The molecule has 0 saturated carbocycles. The summed E-state index contributed by atoms with van der Waals surface area (Å²) in [5.41, 5.74) is 1.49. The number of hydrogen-bond donors (Lipinski definition) is 1. The highest BCUT2D eigenvalue weighted by Crippen LogP contribution is 2.21. The van der Waals surface area contributed by atoms with Crippen molar-refractivity contribution in [3.63, 3.8) is 0 Å². The van der Waals surface area contributed by atoms with Crippen molar-refractivity contribution in [1.82, 2.24) is 20.1 Å². The lowest BCUT2D eigenvalue weighted by atomic mass is 10.1. The van der Waals surface area contributed by atoms with Crippen LogP contribution < -0.4 is 9.80 Å². The van der Waals surface area contributed by atoms with Crippen LogP contribution in [0.1, 0.15) is 18.6 Å². The molecule has 27 heavy (non-hydrogen) atoms. The van der Waals surface area contributed by atoms with Crippen molar-refractivity contribution in [2.75, 3.05) is 29.9 Å². The number of aromatic nitrogens is 4. The zero-order chi connectivity index (χ0) is 18.6. The number of pyridine rings is 1. The summed E-state index contributed by atoms with van der Waals surface area (Å²) in [5.74, 6) is 2.22. The van der Waals surface area contributed by atoms with Crippen LogP contribution in [0.5, 0.6) is 0 Å². The van der Waals surface area contributed by atoms with E-state index in [-0.39, 0.29) is 6.10 Å². The van der Waals surface area contributed by atoms with Gasteiger partial charge in [0.15, 0.2) is 5.76 Å². The molecule has 4 heterocycles. The monoisotopic (exact) mass is 366 g/mol. The fraction of sp³-hybridized carbons (Fsp3) is 0.368. The number of hydrogen-bond acceptors (Lipinski definition) is 8. The van der Waals surface area contributed by atoms with Gasteiger partial charge in [0.2, 0.25) is 5.95 Å². The van der Waals surface area contributed by atoms with E-state index in [4.69, 9.17) is 4.52 Å². The van der Waals surface area contributed by atoms with Crippen molar-refractivity contribution in [3.8, 4) is 11.4 Å². The van der Waals surface area contributed by atoms with Gasteiger partial charge in [-0.25, -0.2) is 4.98 Å². The average molecular weight is 366 g/mol. The van der Waals surface area contributed by atoms with E-state index in [0.29, 0.717) is 23.9 Å². The molecule has 4 rings (SSSR count). The van der Waals surface area contributed by atoms with Crippen LogP contribution in [0.3, 0.4) is 0 Å². The van der Waals surface area contributed by atoms with Gasteiger partial charge in [0.25, 0.3) is 0 Å². The third kappa shape index (κ3) is 4.06. The zero-order valence-electron chi connectivity index (χ0n) is 15.2. The van der Waals surface area contributed by atoms with Crippen LogP contribution in [0.2, 0.25) is 0 Å². The Morgan fingerprint density at radius 3 is 2.78 bits per heavy atom. The normalized spacial score (nSPS) is 15.1. The van der Waals surface area contributed by atoms with E-state index in [1.54, 1.807) is 12.4 Å². The molecule has 0 aromatic carbocycles. The first-order chi connectivity index (χ1) is 13.2. The smallest absolute Gasteiger partial charge is 0.227 e. The van der Waals surface area contributed by atoms with Gasteiger partial charge in [-0.2, -0.15) is 4.98 Å². The van der Waals surface area contributed by atoms with Crippen LogP contribution in [0.25, 0.3) is 11.4 Å². The summed E-state index contributed by atoms with van der Waals surface area (Å²) in [6, 6.07) is 9.47. The van der Waals surface area contributed by atoms with Gasteiger partial charge in [-0.3, -0.25) is 4.98 Å². The van der Waals surface area contributed by atoms with Crippen LogP contribution in [-0.2, 0) is 6.54 Å². The van der Waals surface area contributed by atoms with E-state index < -0.39 is 0 Å². The summed E-state index contributed by atoms with van der Waals surface area (Å²) >= 11 is 0. The molecule has 1 aliphatic rings. The first-order valence-corrected chi connectivity index (χ1v) is 9.03. The zero-order valence-corrected chi connectivity index (χ0v) is 15.2. The Morgan fingerprint density at radius 2 is 2.00 bits per heavy atom. The van der Waals surface area contributed by atoms with E-state index in [2.05, 4.69) is 25.0 Å². The van der Waals surface area contributed by atoms with Gasteiger partial charge in [-0.05, 0) is 31.0 Å². The van der Waals surface area contributed by atoms with Crippen molar-refractivity contribution in [2.24, 2.45) is 0 Å². The Bertz CT molecular complexity index is 877. The summed E-state index contributed by atoms with van der Waals surface area (Å²) in [5, 5.41) is 13.8. The molecule has 3 aromatic heterocycles. The minimum atomic E-state index is -0.204. The third-order valence-electron chi connectivity index (χ3n) is 4.64. The molecule has 8 nitrogen and oxygen atoms in total. The minimum absolute atomic E-state index is 0.204. The first-order valence-electron chi connectivity index (χ1n) is 9.03. The molecule has 0 aliphatic carbocycles. The Balaban J connectivity index is 1.45. The van der Waals surface area contributed by atoms with Crippen LogP contribution >= 0.6 is 0 Å². The summed E-state index contributed by atoms with van der Waals surface area (Å²) < 4.78 is 5.44. The summed E-state index contributed by atoms with van der Waals surface area (Å²) in [7, 11) is 1.92. The molecular weight excluding hydrogens is 344 g/mol. The lowest BCUT2D eigenvalue weighted by Crippen LogP contribution is -2.36. The van der Waals surface area contributed by atoms with Crippen molar-refractivity contribution in [2.45, 2.75) is 25.5 Å². The predicted octanol–water partition coefficient (Wildman–Crippen LogP) is 2.12. The quantitative estimate of drug-likeness (QED) is 0.734. The largest absolute Gasteiger partial charge is 0.393 e. The van der Waals surface area contributed by atoms with Crippen LogP contribution in [0.4, 0.5) is 11.8 Å². The molecule has 0 spiro atoms. The van der Waals surface area contributed by atoms with Gasteiger partial charge in [0.1, 0.15) is 11.5 Å². The Morgan fingerprint density at radius 1 is 1.15 bits per heavy atom. The first kappa shape index (κ1) is 17.4. The topological polar surface area (TPSA) is 91.4 Å². The second kappa shape index (κ2) is 7.71. The van der Waals surface area contributed by atoms with Gasteiger partial charge in [0, 0.05) is 38.6 Å². The fourth-order valence-electron chi connectivity index (χ4n) is 3.12. The summed E-state index contributed by atoms with van der Waals surface area (Å²) in [6.07, 6.45) is 4.82. The highest BCUT2D eigenvalue weighted by atomic mass is 16.5. The highest BCUT2D eigenvalue weighted by Gasteiger charge is 2.19. The Labute approximate surface area is 157 Å². The van der Waals surface area contributed by atoms with Crippen LogP contribution in [-0.4, -0.2) is 51.5 Å². The maximum atomic E-state index is 9.68. The number of rotatable bonds is 5. The number of nitrogens with zero attached hydrogens (tertiary/aromatic N) is 6. The summed E-state index contributed by atoms with van der Waals surface area (Å²) in [4.78, 5) is 17.4. The van der Waals surface area contributed by atoms with E-state index in [1.807, 2.05) is 42.3 Å². The van der Waals surface area contributed by atoms with Crippen LogP contribution in [0.15, 0.2) is 47.2 Å². The van der Waals surface area contributed by atoms with Crippen molar-refractivity contribution < 1.29 is 9.63 Å². The van der Waals surface area contributed by atoms with Gasteiger partial charge in [-0.1, -0.05) is 11.2 Å².